The van der Waals surface area contributed by atoms with Crippen molar-refractivity contribution in [3.05, 3.63) is 182 Å². The lowest BCUT2D eigenvalue weighted by molar-refractivity contribution is 0.671. The van der Waals surface area contributed by atoms with Crippen LogP contribution in [-0.4, -0.2) is 0 Å². The van der Waals surface area contributed by atoms with Crippen LogP contribution in [0.4, 0.5) is 0 Å². The minimum atomic E-state index is 0.916. The highest BCUT2D eigenvalue weighted by Gasteiger charge is 2.17. The van der Waals surface area contributed by atoms with Crippen LogP contribution in [0.1, 0.15) is 0 Å². The van der Waals surface area contributed by atoms with Crippen LogP contribution < -0.4 is 0 Å². The second-order valence-corrected chi connectivity index (χ2v) is 12.8. The van der Waals surface area contributed by atoms with Gasteiger partial charge in [-0.3, -0.25) is 0 Å². The first-order valence-electron chi connectivity index (χ1n) is 16.8. The Morgan fingerprint density at radius 3 is 1.22 bits per heavy atom. The van der Waals surface area contributed by atoms with Crippen LogP contribution in [0, 0.1) is 0 Å². The van der Waals surface area contributed by atoms with Crippen molar-refractivity contribution >= 4 is 54.3 Å². The summed E-state index contributed by atoms with van der Waals surface area (Å²) in [6, 6.07) is 65.5. The number of fused-ring (bicyclic) bond motifs is 9. The molecule has 0 radical (unpaired) electrons. The second-order valence-electron chi connectivity index (χ2n) is 12.8. The molecular weight excluding hydrogens is 593 g/mol. The van der Waals surface area contributed by atoms with Gasteiger partial charge in [0.05, 0.1) is 0 Å². The molecule has 49 heavy (non-hydrogen) atoms. The van der Waals surface area contributed by atoms with Gasteiger partial charge < -0.3 is 4.42 Å². The summed E-state index contributed by atoms with van der Waals surface area (Å²) in [5, 5.41) is 9.91. The van der Waals surface area contributed by atoms with E-state index in [4.69, 9.17) is 4.42 Å². The smallest absolute Gasteiger partial charge is 0.143 e. The molecule has 0 fully saturated rings. The molecule has 9 aromatic carbocycles. The topological polar surface area (TPSA) is 13.1 Å². The molecule has 1 nitrogen and oxygen atoms in total. The van der Waals surface area contributed by atoms with Crippen molar-refractivity contribution in [3.63, 3.8) is 0 Å². The van der Waals surface area contributed by atoms with Gasteiger partial charge >= 0.3 is 0 Å². The lowest BCUT2D eigenvalue weighted by atomic mass is 9.92. The van der Waals surface area contributed by atoms with E-state index in [2.05, 4.69) is 182 Å². The fraction of sp³-hybridized carbons (Fsp3) is 0. The molecule has 0 bridgehead atoms. The van der Waals surface area contributed by atoms with E-state index >= 15 is 0 Å². The normalized spacial score (nSPS) is 11.7. The number of rotatable bonds is 4. The van der Waals surface area contributed by atoms with Gasteiger partial charge in [-0.15, -0.1) is 0 Å². The average Bonchev–Trinajstić information content (AvgIpc) is 3.58. The molecule has 1 aromatic heterocycles. The summed E-state index contributed by atoms with van der Waals surface area (Å²) < 4.78 is 6.90. The van der Waals surface area contributed by atoms with Gasteiger partial charge in [-0.05, 0) is 77.8 Å². The summed E-state index contributed by atoms with van der Waals surface area (Å²) >= 11 is 0. The van der Waals surface area contributed by atoms with Gasteiger partial charge in [0.25, 0.3) is 0 Å². The lowest BCUT2D eigenvalue weighted by Gasteiger charge is -2.12. The molecule has 0 amide bonds. The largest absolute Gasteiger partial charge is 0.455 e. The van der Waals surface area contributed by atoms with Crippen molar-refractivity contribution in [1.29, 1.82) is 0 Å². The summed E-state index contributed by atoms with van der Waals surface area (Å²) in [6.45, 7) is 0. The van der Waals surface area contributed by atoms with E-state index in [0.29, 0.717) is 0 Å². The quantitative estimate of drug-likeness (QED) is 0.178. The zero-order valence-electron chi connectivity index (χ0n) is 26.7. The predicted octanol–water partition coefficient (Wildman–Crippen LogP) is 13.7. The van der Waals surface area contributed by atoms with E-state index in [1.54, 1.807) is 0 Å². The summed E-state index contributed by atoms with van der Waals surface area (Å²) in [6.07, 6.45) is 0. The Morgan fingerprint density at radius 2 is 0.612 bits per heavy atom. The number of benzene rings is 9. The van der Waals surface area contributed by atoms with Crippen molar-refractivity contribution in [3.8, 4) is 44.5 Å². The van der Waals surface area contributed by atoms with Gasteiger partial charge in [0.1, 0.15) is 11.2 Å². The highest BCUT2D eigenvalue weighted by Crippen LogP contribution is 2.42. The van der Waals surface area contributed by atoms with Crippen LogP contribution in [0.3, 0.4) is 0 Å². The van der Waals surface area contributed by atoms with Gasteiger partial charge in [0.15, 0.2) is 0 Å². The molecule has 1 heteroatoms. The van der Waals surface area contributed by atoms with Crippen molar-refractivity contribution < 1.29 is 4.42 Å². The summed E-state index contributed by atoms with van der Waals surface area (Å²) in [4.78, 5) is 0. The lowest BCUT2D eigenvalue weighted by Crippen LogP contribution is -1.85. The Kier molecular flexibility index (Phi) is 6.25. The Morgan fingerprint density at radius 1 is 0.224 bits per heavy atom. The predicted molar refractivity (Wildman–Crippen MR) is 208 cm³/mol. The minimum Gasteiger partial charge on any atom is -0.455 e. The molecule has 0 atom stereocenters. The van der Waals surface area contributed by atoms with Crippen molar-refractivity contribution in [1.82, 2.24) is 0 Å². The highest BCUT2D eigenvalue weighted by atomic mass is 16.3. The molecule has 0 aliphatic carbocycles. The Labute approximate surface area is 284 Å². The fourth-order valence-corrected chi connectivity index (χ4v) is 7.70. The molecule has 10 rings (SSSR count). The molecule has 0 saturated heterocycles. The molecule has 0 N–H and O–H groups in total. The van der Waals surface area contributed by atoms with Gasteiger partial charge in [-0.25, -0.2) is 0 Å². The number of hydrogen-bond donors (Lipinski definition) is 0. The maximum absolute atomic E-state index is 6.90. The standard InChI is InChI=1S/C48H30O/c1-2-11-31(12-3-1)32-23-25-33(26-24-32)34-13-8-14-35(29-34)37-19-9-21-44-45-22-10-20-38(48(45)49-47(37)44)36-27-28-43-41-17-5-4-15-39(41)40-16-6-7-18-42(40)46(43)30-36/h1-30H. The van der Waals surface area contributed by atoms with Crippen LogP contribution >= 0.6 is 0 Å². The molecule has 0 saturated carbocycles. The van der Waals surface area contributed by atoms with E-state index < -0.39 is 0 Å². The maximum atomic E-state index is 6.90. The van der Waals surface area contributed by atoms with Gasteiger partial charge in [0.2, 0.25) is 0 Å². The van der Waals surface area contributed by atoms with Crippen LogP contribution in [0.25, 0.3) is 98.8 Å². The molecule has 10 aromatic rings. The maximum Gasteiger partial charge on any atom is 0.143 e. The Bertz CT molecular complexity index is 2820. The number of furan rings is 1. The van der Waals surface area contributed by atoms with Gasteiger partial charge in [-0.2, -0.15) is 0 Å². The third-order valence-corrected chi connectivity index (χ3v) is 10.1. The first-order valence-corrected chi connectivity index (χ1v) is 16.8. The van der Waals surface area contributed by atoms with Crippen molar-refractivity contribution in [2.75, 3.05) is 0 Å². The Balaban J connectivity index is 1.10. The molecule has 0 aliphatic heterocycles. The van der Waals surface area contributed by atoms with Crippen LogP contribution in [0.5, 0.6) is 0 Å². The summed E-state index contributed by atoms with van der Waals surface area (Å²) in [7, 11) is 0. The van der Waals surface area contributed by atoms with Crippen molar-refractivity contribution in [2.45, 2.75) is 0 Å². The first-order chi connectivity index (χ1) is 24.3. The van der Waals surface area contributed by atoms with Gasteiger partial charge in [-0.1, -0.05) is 170 Å². The molecule has 0 spiro atoms. The van der Waals surface area contributed by atoms with E-state index in [1.807, 2.05) is 0 Å². The monoisotopic (exact) mass is 622 g/mol. The molecule has 0 aliphatic rings. The Hall–Kier alpha value is -6.44. The zero-order valence-corrected chi connectivity index (χ0v) is 26.7. The molecule has 228 valence electrons. The summed E-state index contributed by atoms with van der Waals surface area (Å²) in [5.74, 6) is 0. The molecule has 1 heterocycles. The first kappa shape index (κ1) is 27.7. The molecular formula is C48H30O. The number of para-hydroxylation sites is 2. The fourth-order valence-electron chi connectivity index (χ4n) is 7.70. The minimum absolute atomic E-state index is 0.916. The molecule has 0 unspecified atom stereocenters. The van der Waals surface area contributed by atoms with E-state index in [0.717, 1.165) is 44.2 Å². The third-order valence-electron chi connectivity index (χ3n) is 10.1. The van der Waals surface area contributed by atoms with E-state index in [-0.39, 0.29) is 0 Å². The van der Waals surface area contributed by atoms with Crippen molar-refractivity contribution in [2.24, 2.45) is 0 Å². The average molecular weight is 623 g/mol. The third kappa shape index (κ3) is 4.47. The van der Waals surface area contributed by atoms with Crippen LogP contribution in [0.2, 0.25) is 0 Å². The zero-order chi connectivity index (χ0) is 32.3. The van der Waals surface area contributed by atoms with E-state index in [1.165, 1.54) is 54.6 Å². The SMILES string of the molecule is c1ccc(-c2ccc(-c3cccc(-c4cccc5c4oc4c(-c6ccc7c8ccccc8c8ccccc8c7c6)cccc45)c3)cc2)cc1. The van der Waals surface area contributed by atoms with E-state index in [9.17, 15) is 0 Å². The summed E-state index contributed by atoms with van der Waals surface area (Å²) in [5.41, 5.74) is 11.1. The highest BCUT2D eigenvalue weighted by molar-refractivity contribution is 6.26. The second kappa shape index (κ2) is 11.1. The van der Waals surface area contributed by atoms with Crippen LogP contribution in [-0.2, 0) is 0 Å². The van der Waals surface area contributed by atoms with Gasteiger partial charge in [0, 0.05) is 21.9 Å². The van der Waals surface area contributed by atoms with Crippen LogP contribution in [0.15, 0.2) is 186 Å². The number of hydrogen-bond acceptors (Lipinski definition) is 1.